The minimum absolute atomic E-state index is 0.00216. The van der Waals surface area contributed by atoms with E-state index in [1.807, 2.05) is 24.3 Å². The largest absolute Gasteiger partial charge is 0.492 e. The van der Waals surface area contributed by atoms with Crippen LogP contribution in [0.3, 0.4) is 0 Å². The van der Waals surface area contributed by atoms with Crippen molar-refractivity contribution in [2.45, 2.75) is 38.9 Å². The molecule has 1 amide bonds. The van der Waals surface area contributed by atoms with Crippen LogP contribution in [0.2, 0.25) is 0 Å². The number of anilines is 1. The van der Waals surface area contributed by atoms with Gasteiger partial charge in [-0.1, -0.05) is 13.8 Å². The number of ether oxygens (including phenoxy) is 2. The van der Waals surface area contributed by atoms with Crippen LogP contribution in [0, 0.1) is 0 Å². The Morgan fingerprint density at radius 2 is 2.00 bits per heavy atom. The third-order valence-electron chi connectivity index (χ3n) is 4.36. The van der Waals surface area contributed by atoms with E-state index in [0.717, 1.165) is 43.9 Å². The zero-order valence-corrected chi connectivity index (χ0v) is 14.7. The summed E-state index contributed by atoms with van der Waals surface area (Å²) in [5, 5.41) is 2.88. The number of hydrogen-bond acceptors (Lipinski definition) is 5. The normalized spacial score (nSPS) is 20.3. The summed E-state index contributed by atoms with van der Waals surface area (Å²) in [5.41, 5.74) is 6.31. The fourth-order valence-corrected chi connectivity index (χ4v) is 2.76. The molecule has 2 rings (SSSR count). The predicted octanol–water partition coefficient (Wildman–Crippen LogP) is 1.85. The molecular formula is C18H29N3O3. The fourth-order valence-electron chi connectivity index (χ4n) is 2.76. The van der Waals surface area contributed by atoms with Crippen molar-refractivity contribution in [3.05, 3.63) is 24.3 Å². The highest BCUT2D eigenvalue weighted by Gasteiger charge is 2.29. The van der Waals surface area contributed by atoms with E-state index in [4.69, 9.17) is 15.2 Å². The van der Waals surface area contributed by atoms with Gasteiger partial charge in [-0.15, -0.1) is 0 Å². The molecule has 1 heterocycles. The fraction of sp³-hybridized carbons (Fsp3) is 0.611. The summed E-state index contributed by atoms with van der Waals surface area (Å²) in [6.45, 7) is 8.37. The lowest BCUT2D eigenvalue weighted by atomic mass is 10.2. The Morgan fingerprint density at radius 1 is 1.29 bits per heavy atom. The molecule has 0 radical (unpaired) electrons. The van der Waals surface area contributed by atoms with Crippen LogP contribution in [0.15, 0.2) is 24.3 Å². The maximum Gasteiger partial charge on any atom is 0.253 e. The lowest BCUT2D eigenvalue weighted by molar-refractivity contribution is -0.126. The second-order valence-electron chi connectivity index (χ2n) is 5.95. The van der Waals surface area contributed by atoms with Crippen LogP contribution in [-0.4, -0.2) is 55.8 Å². The zero-order valence-electron chi connectivity index (χ0n) is 14.7. The minimum atomic E-state index is -0.399. The number of rotatable bonds is 9. The van der Waals surface area contributed by atoms with Crippen molar-refractivity contribution in [1.82, 2.24) is 4.90 Å². The van der Waals surface area contributed by atoms with Gasteiger partial charge >= 0.3 is 0 Å². The Morgan fingerprint density at radius 3 is 2.58 bits per heavy atom. The molecule has 1 saturated heterocycles. The smallest absolute Gasteiger partial charge is 0.253 e. The molecule has 1 aromatic carbocycles. The predicted molar refractivity (Wildman–Crippen MR) is 95.3 cm³/mol. The van der Waals surface area contributed by atoms with E-state index < -0.39 is 6.10 Å². The molecule has 1 aliphatic rings. The summed E-state index contributed by atoms with van der Waals surface area (Å²) in [6.07, 6.45) is 1.17. The lowest BCUT2D eigenvalue weighted by Gasteiger charge is -2.18. The quantitative estimate of drug-likeness (QED) is 0.720. The summed E-state index contributed by atoms with van der Waals surface area (Å²) >= 11 is 0. The van der Waals surface area contributed by atoms with Crippen LogP contribution in [0.5, 0.6) is 5.75 Å². The molecule has 0 unspecified atom stereocenters. The van der Waals surface area contributed by atoms with Crippen molar-refractivity contribution in [3.8, 4) is 5.75 Å². The van der Waals surface area contributed by atoms with Gasteiger partial charge in [-0.2, -0.15) is 0 Å². The molecule has 0 aliphatic carbocycles. The average molecular weight is 335 g/mol. The first-order valence-electron chi connectivity index (χ1n) is 8.77. The van der Waals surface area contributed by atoms with E-state index in [9.17, 15) is 4.79 Å². The maximum absolute atomic E-state index is 12.2. The molecule has 24 heavy (non-hydrogen) atoms. The lowest BCUT2D eigenvalue weighted by Crippen LogP contribution is -2.29. The van der Waals surface area contributed by atoms with Gasteiger partial charge in [0.2, 0.25) is 0 Å². The van der Waals surface area contributed by atoms with Crippen molar-refractivity contribution < 1.29 is 14.3 Å². The first-order chi connectivity index (χ1) is 11.7. The average Bonchev–Trinajstić information content (AvgIpc) is 3.09. The first kappa shape index (κ1) is 18.7. The molecule has 0 spiro atoms. The highest BCUT2D eigenvalue weighted by molar-refractivity contribution is 5.94. The molecule has 6 nitrogen and oxygen atoms in total. The minimum Gasteiger partial charge on any atom is -0.492 e. The monoisotopic (exact) mass is 335 g/mol. The summed E-state index contributed by atoms with van der Waals surface area (Å²) in [6, 6.07) is 7.44. The Balaban J connectivity index is 1.76. The topological polar surface area (TPSA) is 76.8 Å². The second kappa shape index (κ2) is 9.61. The van der Waals surface area contributed by atoms with Gasteiger partial charge in [0.15, 0.2) is 0 Å². The van der Waals surface area contributed by atoms with E-state index in [2.05, 4.69) is 24.1 Å². The Bertz CT molecular complexity index is 503. The van der Waals surface area contributed by atoms with E-state index in [0.29, 0.717) is 13.2 Å². The van der Waals surface area contributed by atoms with Gasteiger partial charge in [-0.3, -0.25) is 4.79 Å². The van der Waals surface area contributed by atoms with Gasteiger partial charge in [-0.05, 0) is 50.2 Å². The standard InChI is InChI=1S/C18H29N3O3/c1-3-21(4-2)11-12-23-15-7-5-14(6-8-15)20-18(22)17-10-9-16(13-19)24-17/h5-8,16-17H,3-4,9-13,19H2,1-2H3,(H,20,22)/t16-,17+/m1/s1. The van der Waals surface area contributed by atoms with Crippen molar-refractivity contribution in [3.63, 3.8) is 0 Å². The molecule has 1 aliphatic heterocycles. The number of amides is 1. The summed E-state index contributed by atoms with van der Waals surface area (Å²) < 4.78 is 11.3. The van der Waals surface area contributed by atoms with Crippen LogP contribution < -0.4 is 15.8 Å². The van der Waals surface area contributed by atoms with Crippen molar-refractivity contribution in [1.29, 1.82) is 0 Å². The molecule has 134 valence electrons. The molecule has 1 fully saturated rings. The number of hydrogen-bond donors (Lipinski definition) is 2. The summed E-state index contributed by atoms with van der Waals surface area (Å²) in [7, 11) is 0. The van der Waals surface area contributed by atoms with E-state index in [1.54, 1.807) is 0 Å². The van der Waals surface area contributed by atoms with Gasteiger partial charge in [0, 0.05) is 18.8 Å². The zero-order chi connectivity index (χ0) is 17.4. The van der Waals surface area contributed by atoms with Crippen LogP contribution in [0.4, 0.5) is 5.69 Å². The van der Waals surface area contributed by atoms with Crippen LogP contribution in [-0.2, 0) is 9.53 Å². The van der Waals surface area contributed by atoms with Gasteiger partial charge in [0.05, 0.1) is 6.10 Å². The number of carbonyl (C=O) groups excluding carboxylic acids is 1. The highest BCUT2D eigenvalue weighted by atomic mass is 16.5. The van der Waals surface area contributed by atoms with Crippen molar-refractivity contribution in [2.24, 2.45) is 5.73 Å². The molecule has 0 bridgehead atoms. The van der Waals surface area contributed by atoms with Gasteiger partial charge in [-0.25, -0.2) is 0 Å². The third-order valence-corrected chi connectivity index (χ3v) is 4.36. The Kier molecular flexibility index (Phi) is 7.49. The summed E-state index contributed by atoms with van der Waals surface area (Å²) in [4.78, 5) is 14.5. The Labute approximate surface area is 144 Å². The van der Waals surface area contributed by atoms with Crippen LogP contribution in [0.25, 0.3) is 0 Å². The number of carbonyl (C=O) groups is 1. The summed E-state index contributed by atoms with van der Waals surface area (Å²) in [5.74, 6) is 0.696. The van der Waals surface area contributed by atoms with E-state index in [1.165, 1.54) is 0 Å². The molecule has 1 aromatic rings. The first-order valence-corrected chi connectivity index (χ1v) is 8.77. The van der Waals surface area contributed by atoms with Crippen LogP contribution >= 0.6 is 0 Å². The van der Waals surface area contributed by atoms with Crippen LogP contribution in [0.1, 0.15) is 26.7 Å². The molecule has 2 atom stereocenters. The molecule has 3 N–H and O–H groups in total. The Hall–Kier alpha value is -1.63. The second-order valence-corrected chi connectivity index (χ2v) is 5.95. The van der Waals surface area contributed by atoms with Gasteiger partial charge in [0.1, 0.15) is 18.5 Å². The van der Waals surface area contributed by atoms with Crippen molar-refractivity contribution in [2.75, 3.05) is 38.1 Å². The van der Waals surface area contributed by atoms with E-state index in [-0.39, 0.29) is 12.0 Å². The molecule has 0 saturated carbocycles. The number of nitrogens with zero attached hydrogens (tertiary/aromatic N) is 1. The number of nitrogens with two attached hydrogens (primary N) is 1. The number of benzene rings is 1. The SMILES string of the molecule is CCN(CC)CCOc1ccc(NC(=O)[C@@H]2CC[C@H](CN)O2)cc1. The molecule has 6 heteroatoms. The third kappa shape index (κ3) is 5.47. The highest BCUT2D eigenvalue weighted by Crippen LogP contribution is 2.21. The number of likely N-dealkylation sites (N-methyl/N-ethyl adjacent to an activating group) is 1. The van der Waals surface area contributed by atoms with Crippen molar-refractivity contribution >= 4 is 11.6 Å². The number of nitrogens with one attached hydrogen (secondary N) is 1. The van der Waals surface area contributed by atoms with Gasteiger partial charge < -0.3 is 25.4 Å². The van der Waals surface area contributed by atoms with E-state index >= 15 is 0 Å². The van der Waals surface area contributed by atoms with Gasteiger partial charge in [0.25, 0.3) is 5.91 Å². The maximum atomic E-state index is 12.2. The molecule has 0 aromatic heterocycles. The molecular weight excluding hydrogens is 306 g/mol.